The Bertz CT molecular complexity index is 452. The Morgan fingerprint density at radius 1 is 1.47 bits per heavy atom. The molecule has 2 rings (SSSR count). The fourth-order valence-electron chi connectivity index (χ4n) is 1.34. The first-order valence-electron chi connectivity index (χ1n) is 4.54. The van der Waals surface area contributed by atoms with Crippen molar-refractivity contribution in [1.82, 2.24) is 14.6 Å². The summed E-state index contributed by atoms with van der Waals surface area (Å²) in [6, 6.07) is 0. The van der Waals surface area contributed by atoms with E-state index < -0.39 is 6.10 Å². The third-order valence-electron chi connectivity index (χ3n) is 2.06. The molecule has 0 aliphatic rings. The van der Waals surface area contributed by atoms with Crippen LogP contribution >= 0.6 is 22.9 Å². The lowest BCUT2D eigenvalue weighted by molar-refractivity contribution is 0.180. The number of nitrogens with zero attached hydrogens (tertiary/aromatic N) is 3. The van der Waals surface area contributed by atoms with Crippen LogP contribution in [0.1, 0.15) is 27.4 Å². The van der Waals surface area contributed by atoms with E-state index in [0.717, 1.165) is 21.3 Å². The summed E-state index contributed by atoms with van der Waals surface area (Å²) in [5.74, 6) is 0. The second-order valence-electron chi connectivity index (χ2n) is 3.30. The molecule has 0 fully saturated rings. The first kappa shape index (κ1) is 10.7. The highest BCUT2D eigenvalue weighted by atomic mass is 32.1. The van der Waals surface area contributed by atoms with Gasteiger partial charge in [-0.2, -0.15) is 0 Å². The highest BCUT2D eigenvalue weighted by molar-refractivity contribution is 7.09. The average molecular weight is 241 g/mol. The average Bonchev–Trinajstić information content (AvgIpc) is 2.75. The minimum Gasteiger partial charge on any atom is -0.387 e. The molecule has 1 unspecified atom stereocenters. The van der Waals surface area contributed by atoms with Crippen molar-refractivity contribution in [2.75, 3.05) is 0 Å². The van der Waals surface area contributed by atoms with E-state index in [2.05, 4.69) is 14.6 Å². The zero-order valence-corrected chi connectivity index (χ0v) is 10.1. The van der Waals surface area contributed by atoms with Crippen LogP contribution in [-0.2, 0) is 6.42 Å². The van der Waals surface area contributed by atoms with Crippen LogP contribution in [0, 0.1) is 13.8 Å². The lowest BCUT2D eigenvalue weighted by Crippen LogP contribution is -2.01. The Morgan fingerprint density at radius 2 is 2.27 bits per heavy atom. The van der Waals surface area contributed by atoms with Crippen molar-refractivity contribution >= 4 is 22.9 Å². The second-order valence-corrected chi connectivity index (χ2v) is 5.15. The zero-order chi connectivity index (χ0) is 10.8. The molecule has 0 aliphatic heterocycles. The molecule has 15 heavy (non-hydrogen) atoms. The van der Waals surface area contributed by atoms with Crippen LogP contribution in [0.15, 0.2) is 5.38 Å². The van der Waals surface area contributed by atoms with Crippen molar-refractivity contribution in [3.63, 3.8) is 0 Å². The molecule has 1 atom stereocenters. The van der Waals surface area contributed by atoms with Gasteiger partial charge in [-0.15, -0.1) is 16.4 Å². The monoisotopic (exact) mass is 241 g/mol. The third-order valence-corrected chi connectivity index (χ3v) is 3.81. The molecule has 2 aromatic heterocycles. The first-order chi connectivity index (χ1) is 7.16. The number of hydrogen-bond donors (Lipinski definition) is 1. The molecule has 0 spiro atoms. The van der Waals surface area contributed by atoms with Crippen LogP contribution < -0.4 is 0 Å². The van der Waals surface area contributed by atoms with Gasteiger partial charge in [0.1, 0.15) is 0 Å². The zero-order valence-electron chi connectivity index (χ0n) is 8.47. The SMILES string of the molecule is Cc1nc(CC(O)c2snnc2C)cs1. The van der Waals surface area contributed by atoms with Gasteiger partial charge in [0.15, 0.2) is 0 Å². The lowest BCUT2D eigenvalue weighted by Gasteiger charge is -2.05. The van der Waals surface area contributed by atoms with E-state index in [1.54, 1.807) is 11.3 Å². The van der Waals surface area contributed by atoms with E-state index in [9.17, 15) is 5.11 Å². The van der Waals surface area contributed by atoms with Gasteiger partial charge in [0.25, 0.3) is 0 Å². The Balaban J connectivity index is 2.10. The molecule has 0 radical (unpaired) electrons. The van der Waals surface area contributed by atoms with E-state index >= 15 is 0 Å². The maximum absolute atomic E-state index is 9.95. The molecule has 6 heteroatoms. The Kier molecular flexibility index (Phi) is 3.08. The van der Waals surface area contributed by atoms with Gasteiger partial charge < -0.3 is 5.11 Å². The number of aryl methyl sites for hydroxylation is 2. The Hall–Kier alpha value is -0.850. The number of thiazole rings is 1. The molecule has 0 aliphatic carbocycles. The maximum atomic E-state index is 9.95. The standard InChI is InChI=1S/C9H11N3OS2/c1-5-9(15-12-11-5)8(13)3-7-4-14-6(2)10-7/h4,8,13H,3H2,1-2H3. The van der Waals surface area contributed by atoms with E-state index in [1.807, 2.05) is 19.2 Å². The number of rotatable bonds is 3. The molecule has 0 saturated carbocycles. The lowest BCUT2D eigenvalue weighted by atomic mass is 10.1. The molecule has 1 N–H and O–H groups in total. The molecule has 0 amide bonds. The van der Waals surface area contributed by atoms with Crippen molar-refractivity contribution in [1.29, 1.82) is 0 Å². The number of hydrogen-bond acceptors (Lipinski definition) is 6. The molecule has 0 bridgehead atoms. The maximum Gasteiger partial charge on any atom is 0.0972 e. The summed E-state index contributed by atoms with van der Waals surface area (Å²) in [4.78, 5) is 5.15. The predicted octanol–water partition coefficient (Wildman–Crippen LogP) is 1.89. The van der Waals surface area contributed by atoms with Crippen molar-refractivity contribution in [2.45, 2.75) is 26.4 Å². The quantitative estimate of drug-likeness (QED) is 0.891. The summed E-state index contributed by atoms with van der Waals surface area (Å²) in [6.07, 6.45) is 0.00111. The highest BCUT2D eigenvalue weighted by Crippen LogP contribution is 2.23. The fraction of sp³-hybridized carbons (Fsp3) is 0.444. The van der Waals surface area contributed by atoms with Crippen LogP contribution in [0.2, 0.25) is 0 Å². The van der Waals surface area contributed by atoms with Gasteiger partial charge in [-0.25, -0.2) is 4.98 Å². The fourth-order valence-corrected chi connectivity index (χ4v) is 2.59. The van der Waals surface area contributed by atoms with Crippen LogP contribution in [0.25, 0.3) is 0 Å². The van der Waals surface area contributed by atoms with E-state index in [4.69, 9.17) is 0 Å². The van der Waals surface area contributed by atoms with Gasteiger partial charge in [0.05, 0.1) is 27.4 Å². The minimum absolute atomic E-state index is 0.536. The third kappa shape index (κ3) is 2.39. The first-order valence-corrected chi connectivity index (χ1v) is 6.20. The smallest absolute Gasteiger partial charge is 0.0972 e. The summed E-state index contributed by atoms with van der Waals surface area (Å²) in [5.41, 5.74) is 1.73. The van der Waals surface area contributed by atoms with Crippen LogP contribution in [-0.4, -0.2) is 19.7 Å². The van der Waals surface area contributed by atoms with Crippen molar-refractivity contribution in [2.24, 2.45) is 0 Å². The molecule has 0 aromatic carbocycles. The molecule has 2 aromatic rings. The van der Waals surface area contributed by atoms with Crippen molar-refractivity contribution in [3.05, 3.63) is 26.7 Å². The number of aliphatic hydroxyl groups excluding tert-OH is 1. The van der Waals surface area contributed by atoms with E-state index in [-0.39, 0.29) is 0 Å². The number of aromatic nitrogens is 3. The van der Waals surface area contributed by atoms with Gasteiger partial charge in [-0.3, -0.25) is 0 Å². The van der Waals surface area contributed by atoms with E-state index in [0.29, 0.717) is 6.42 Å². The van der Waals surface area contributed by atoms with Gasteiger partial charge in [0.2, 0.25) is 0 Å². The van der Waals surface area contributed by atoms with Gasteiger partial charge in [-0.05, 0) is 25.4 Å². The molecule has 80 valence electrons. The molecule has 4 nitrogen and oxygen atoms in total. The molecular weight excluding hydrogens is 230 g/mol. The molecule has 2 heterocycles. The predicted molar refractivity (Wildman–Crippen MR) is 60.2 cm³/mol. The van der Waals surface area contributed by atoms with Gasteiger partial charge in [0, 0.05) is 11.8 Å². The Labute approximate surface area is 95.8 Å². The molecule has 0 saturated heterocycles. The summed E-state index contributed by atoms with van der Waals surface area (Å²) in [6.45, 7) is 3.81. The van der Waals surface area contributed by atoms with Crippen LogP contribution in [0.5, 0.6) is 0 Å². The molecular formula is C9H11N3OS2. The Morgan fingerprint density at radius 3 is 2.80 bits per heavy atom. The minimum atomic E-state index is -0.536. The largest absolute Gasteiger partial charge is 0.387 e. The summed E-state index contributed by atoms with van der Waals surface area (Å²) in [7, 11) is 0. The summed E-state index contributed by atoms with van der Waals surface area (Å²) < 4.78 is 3.80. The number of aliphatic hydroxyl groups is 1. The van der Waals surface area contributed by atoms with Crippen molar-refractivity contribution in [3.8, 4) is 0 Å². The second kappa shape index (κ2) is 4.34. The van der Waals surface area contributed by atoms with Crippen LogP contribution in [0.4, 0.5) is 0 Å². The van der Waals surface area contributed by atoms with E-state index in [1.165, 1.54) is 11.5 Å². The van der Waals surface area contributed by atoms with Crippen LogP contribution in [0.3, 0.4) is 0 Å². The van der Waals surface area contributed by atoms with Crippen molar-refractivity contribution < 1.29 is 5.11 Å². The normalized spacial score (nSPS) is 13.0. The topological polar surface area (TPSA) is 58.9 Å². The highest BCUT2D eigenvalue weighted by Gasteiger charge is 2.15. The summed E-state index contributed by atoms with van der Waals surface area (Å²) >= 11 is 2.85. The van der Waals surface area contributed by atoms with Gasteiger partial charge in [-0.1, -0.05) is 4.49 Å². The summed E-state index contributed by atoms with van der Waals surface area (Å²) in [5, 5.41) is 16.8. The van der Waals surface area contributed by atoms with Gasteiger partial charge >= 0.3 is 0 Å².